The van der Waals surface area contributed by atoms with Crippen molar-refractivity contribution in [1.82, 2.24) is 9.55 Å². The van der Waals surface area contributed by atoms with Crippen LogP contribution in [0.5, 0.6) is 0 Å². The van der Waals surface area contributed by atoms with Gasteiger partial charge in [0.25, 0.3) is 5.56 Å². The largest absolute Gasteiger partial charge is 0.394 e. The Hall–Kier alpha value is -1.48. The number of ether oxygens (including phenoxy) is 1. The number of aliphatic hydroxyl groups is 3. The third-order valence-corrected chi connectivity index (χ3v) is 3.23. The normalized spacial score (nSPS) is 30.7. The smallest absolute Gasteiger partial charge is 0.328 e. The summed E-state index contributed by atoms with van der Waals surface area (Å²) in [5.74, 6) is 0. The Morgan fingerprint density at radius 1 is 1.37 bits per heavy atom. The second-order valence-electron chi connectivity index (χ2n) is 4.39. The molecule has 0 saturated carbocycles. The third-order valence-electron chi connectivity index (χ3n) is 3.23. The molecule has 2 rings (SSSR count). The van der Waals surface area contributed by atoms with Crippen LogP contribution in [0.1, 0.15) is 18.6 Å². The second kappa shape index (κ2) is 5.25. The number of hydrogen-bond donors (Lipinski definition) is 4. The molecule has 0 aromatic carbocycles. The van der Waals surface area contributed by atoms with Gasteiger partial charge in [-0.25, -0.2) is 4.79 Å². The zero-order valence-electron chi connectivity index (χ0n) is 10.3. The Labute approximate surface area is 107 Å². The van der Waals surface area contributed by atoms with Crippen molar-refractivity contribution < 1.29 is 20.1 Å². The molecule has 0 amide bonds. The number of aromatic amines is 1. The van der Waals surface area contributed by atoms with Gasteiger partial charge in [0.15, 0.2) is 0 Å². The van der Waals surface area contributed by atoms with Gasteiger partial charge in [0, 0.05) is 12.7 Å². The topological polar surface area (TPSA) is 125 Å². The maximum absolute atomic E-state index is 11.7. The lowest BCUT2D eigenvalue weighted by atomic mass is 10.0. The van der Waals surface area contributed by atoms with Gasteiger partial charge in [0.2, 0.25) is 0 Å². The van der Waals surface area contributed by atoms with Crippen molar-refractivity contribution in [3.63, 3.8) is 0 Å². The van der Waals surface area contributed by atoms with Gasteiger partial charge in [-0.3, -0.25) is 9.78 Å². The minimum atomic E-state index is -1.33. The molecule has 1 unspecified atom stereocenters. The summed E-state index contributed by atoms with van der Waals surface area (Å²) in [6.07, 6.45) is -3.35. The Morgan fingerprint density at radius 3 is 2.58 bits per heavy atom. The first-order valence-corrected chi connectivity index (χ1v) is 5.95. The number of rotatable bonds is 3. The van der Waals surface area contributed by atoms with Crippen molar-refractivity contribution in [1.29, 1.82) is 0 Å². The molecule has 2 heterocycles. The van der Waals surface area contributed by atoms with Crippen molar-refractivity contribution in [2.75, 3.05) is 6.61 Å². The molecular formula is C11H16N2O6. The van der Waals surface area contributed by atoms with Crippen LogP contribution in [-0.2, 0) is 11.3 Å². The predicted molar refractivity (Wildman–Crippen MR) is 63.7 cm³/mol. The minimum absolute atomic E-state index is 0.0453. The number of aryl methyl sites for hydroxylation is 1. The van der Waals surface area contributed by atoms with E-state index in [0.717, 1.165) is 0 Å². The standard InChI is InChI=1S/C11H16N2O6/c1-2-13-3-5(10(17)12-11(13)18)9-8(16)7(15)6(4-14)19-9/h3,6-9,14-16H,2,4H2,1H3,(H,12,17,18)/t6-,7+,8?,9+/m1/s1. The SMILES string of the molecule is CCn1cc([C@@H]2O[C@H](CO)[C@H](O)C2O)c(=O)[nH]c1=O. The van der Waals surface area contributed by atoms with Gasteiger partial charge in [0.05, 0.1) is 12.2 Å². The summed E-state index contributed by atoms with van der Waals surface area (Å²) in [5, 5.41) is 28.5. The lowest BCUT2D eigenvalue weighted by Gasteiger charge is -2.15. The van der Waals surface area contributed by atoms with Crippen LogP contribution >= 0.6 is 0 Å². The number of nitrogens with zero attached hydrogens (tertiary/aromatic N) is 1. The van der Waals surface area contributed by atoms with E-state index in [1.807, 2.05) is 0 Å². The average Bonchev–Trinajstić information content (AvgIpc) is 2.67. The highest BCUT2D eigenvalue weighted by Gasteiger charge is 2.44. The van der Waals surface area contributed by atoms with E-state index in [-0.39, 0.29) is 5.56 Å². The van der Waals surface area contributed by atoms with E-state index >= 15 is 0 Å². The van der Waals surface area contributed by atoms with Gasteiger partial charge in [-0.05, 0) is 6.92 Å². The maximum Gasteiger partial charge on any atom is 0.328 e. The Bertz CT molecular complexity index is 565. The Balaban J connectivity index is 2.43. The third kappa shape index (κ3) is 2.35. The highest BCUT2D eigenvalue weighted by molar-refractivity contribution is 5.14. The highest BCUT2D eigenvalue weighted by atomic mass is 16.6. The molecule has 1 aliphatic heterocycles. The van der Waals surface area contributed by atoms with Crippen LogP contribution in [0.15, 0.2) is 15.8 Å². The number of aromatic nitrogens is 2. The first-order valence-electron chi connectivity index (χ1n) is 5.95. The molecule has 4 N–H and O–H groups in total. The lowest BCUT2D eigenvalue weighted by Crippen LogP contribution is -2.35. The van der Waals surface area contributed by atoms with Crippen LogP contribution in [0.4, 0.5) is 0 Å². The van der Waals surface area contributed by atoms with Crippen molar-refractivity contribution in [3.8, 4) is 0 Å². The molecule has 1 aromatic rings. The lowest BCUT2D eigenvalue weighted by molar-refractivity contribution is -0.0233. The second-order valence-corrected chi connectivity index (χ2v) is 4.39. The fraction of sp³-hybridized carbons (Fsp3) is 0.636. The summed E-state index contributed by atoms with van der Waals surface area (Å²) in [6, 6.07) is 0. The van der Waals surface area contributed by atoms with Gasteiger partial charge in [-0.2, -0.15) is 0 Å². The van der Waals surface area contributed by atoms with Gasteiger partial charge in [-0.15, -0.1) is 0 Å². The van der Waals surface area contributed by atoms with Crippen LogP contribution in [0.2, 0.25) is 0 Å². The number of hydrogen-bond acceptors (Lipinski definition) is 6. The number of H-pyrrole nitrogens is 1. The molecule has 1 saturated heterocycles. The summed E-state index contributed by atoms with van der Waals surface area (Å²) >= 11 is 0. The van der Waals surface area contributed by atoms with Crippen molar-refractivity contribution in [2.24, 2.45) is 0 Å². The van der Waals surface area contributed by atoms with Crippen LogP contribution in [-0.4, -0.2) is 49.8 Å². The molecular weight excluding hydrogens is 256 g/mol. The van der Waals surface area contributed by atoms with Gasteiger partial charge in [0.1, 0.15) is 24.4 Å². The van der Waals surface area contributed by atoms with Gasteiger partial charge >= 0.3 is 5.69 Å². The van der Waals surface area contributed by atoms with E-state index in [1.165, 1.54) is 10.8 Å². The van der Waals surface area contributed by atoms with E-state index in [9.17, 15) is 19.8 Å². The maximum atomic E-state index is 11.7. The Morgan fingerprint density at radius 2 is 2.05 bits per heavy atom. The average molecular weight is 272 g/mol. The highest BCUT2D eigenvalue weighted by Crippen LogP contribution is 2.31. The van der Waals surface area contributed by atoms with Crippen molar-refractivity contribution in [3.05, 3.63) is 32.6 Å². The quantitative estimate of drug-likeness (QED) is 0.491. The zero-order chi connectivity index (χ0) is 14.2. The molecule has 0 aliphatic carbocycles. The molecule has 19 heavy (non-hydrogen) atoms. The van der Waals surface area contributed by atoms with E-state index in [0.29, 0.717) is 6.54 Å². The molecule has 0 bridgehead atoms. The summed E-state index contributed by atoms with van der Waals surface area (Å²) < 4.78 is 6.51. The van der Waals surface area contributed by atoms with Crippen molar-refractivity contribution >= 4 is 0 Å². The summed E-state index contributed by atoms with van der Waals surface area (Å²) in [6.45, 7) is 1.60. The van der Waals surface area contributed by atoms with Crippen LogP contribution in [0.3, 0.4) is 0 Å². The first-order chi connectivity index (χ1) is 8.99. The van der Waals surface area contributed by atoms with Crippen LogP contribution in [0, 0.1) is 0 Å². The van der Waals surface area contributed by atoms with E-state index in [4.69, 9.17) is 9.84 Å². The predicted octanol–water partition coefficient (Wildman–Crippen LogP) is -2.29. The summed E-state index contributed by atoms with van der Waals surface area (Å²) in [5.41, 5.74) is -1.18. The van der Waals surface area contributed by atoms with E-state index < -0.39 is 42.3 Å². The molecule has 1 aromatic heterocycles. The molecule has 0 radical (unpaired) electrons. The fourth-order valence-electron chi connectivity index (χ4n) is 2.12. The molecule has 4 atom stereocenters. The molecule has 0 spiro atoms. The van der Waals surface area contributed by atoms with Crippen LogP contribution < -0.4 is 11.2 Å². The zero-order valence-corrected chi connectivity index (χ0v) is 10.3. The monoisotopic (exact) mass is 272 g/mol. The summed E-state index contributed by atoms with van der Waals surface area (Å²) in [7, 11) is 0. The van der Waals surface area contributed by atoms with Gasteiger partial charge in [-0.1, -0.05) is 0 Å². The molecule has 8 nitrogen and oxygen atoms in total. The number of aliphatic hydroxyl groups excluding tert-OH is 3. The first kappa shape index (κ1) is 13.9. The van der Waals surface area contributed by atoms with Crippen LogP contribution in [0.25, 0.3) is 0 Å². The van der Waals surface area contributed by atoms with E-state index in [1.54, 1.807) is 6.92 Å². The summed E-state index contributed by atoms with van der Waals surface area (Å²) in [4.78, 5) is 25.3. The van der Waals surface area contributed by atoms with E-state index in [2.05, 4.69) is 4.98 Å². The number of nitrogens with one attached hydrogen (secondary N) is 1. The molecule has 1 fully saturated rings. The molecule has 1 aliphatic rings. The van der Waals surface area contributed by atoms with Crippen molar-refractivity contribution in [2.45, 2.75) is 37.9 Å². The van der Waals surface area contributed by atoms with Gasteiger partial charge < -0.3 is 24.6 Å². The fourth-order valence-corrected chi connectivity index (χ4v) is 2.12. The minimum Gasteiger partial charge on any atom is -0.394 e. The molecule has 106 valence electrons. The Kier molecular flexibility index (Phi) is 3.85. The molecule has 8 heteroatoms.